The Hall–Kier alpha value is -0.990. The number of hydrogen-bond donors (Lipinski definition) is 1. The molecular formula is C9H16N4O3S. The lowest BCUT2D eigenvalue weighted by molar-refractivity contribution is 0.183. The Labute approximate surface area is 100 Å². The van der Waals surface area contributed by atoms with Gasteiger partial charge in [0.05, 0.1) is 6.61 Å². The predicted octanol–water partition coefficient (Wildman–Crippen LogP) is -0.476. The lowest BCUT2D eigenvalue weighted by Gasteiger charge is -2.07. The van der Waals surface area contributed by atoms with E-state index in [9.17, 15) is 8.42 Å². The molecule has 8 heteroatoms. The second kappa shape index (κ2) is 4.71. The Kier molecular flexibility index (Phi) is 3.45. The van der Waals surface area contributed by atoms with E-state index in [-0.39, 0.29) is 5.16 Å². The molecule has 0 amide bonds. The third-order valence-corrected chi connectivity index (χ3v) is 3.55. The van der Waals surface area contributed by atoms with Crippen molar-refractivity contribution in [2.75, 3.05) is 13.7 Å². The fraction of sp³-hybridized carbons (Fsp3) is 0.778. The summed E-state index contributed by atoms with van der Waals surface area (Å²) in [4.78, 5) is 0. The van der Waals surface area contributed by atoms with Crippen LogP contribution in [0.4, 0.5) is 0 Å². The van der Waals surface area contributed by atoms with Crippen LogP contribution in [0.2, 0.25) is 0 Å². The van der Waals surface area contributed by atoms with Gasteiger partial charge in [-0.05, 0) is 18.8 Å². The minimum atomic E-state index is -3.82. The van der Waals surface area contributed by atoms with Crippen LogP contribution in [-0.4, -0.2) is 36.9 Å². The Morgan fingerprint density at radius 2 is 2.18 bits per heavy atom. The van der Waals surface area contributed by atoms with Crippen LogP contribution in [0.25, 0.3) is 0 Å². The number of hydrogen-bond acceptors (Lipinski definition) is 5. The molecule has 1 fully saturated rings. The third-order valence-electron chi connectivity index (χ3n) is 2.74. The number of primary sulfonamides is 1. The number of rotatable bonds is 6. The molecule has 1 aliphatic carbocycles. The molecule has 1 saturated carbocycles. The Morgan fingerprint density at radius 1 is 1.47 bits per heavy atom. The van der Waals surface area contributed by atoms with Gasteiger partial charge in [-0.15, -0.1) is 10.2 Å². The van der Waals surface area contributed by atoms with Crippen LogP contribution in [0.1, 0.15) is 18.7 Å². The summed E-state index contributed by atoms with van der Waals surface area (Å²) in [6, 6.07) is 0. The van der Waals surface area contributed by atoms with Crippen molar-refractivity contribution in [3.8, 4) is 0 Å². The SMILES string of the molecule is COCCn1c(CC2CC2)nnc1S(N)(=O)=O. The Bertz CT molecular complexity index is 492. The van der Waals surface area contributed by atoms with E-state index < -0.39 is 10.0 Å². The lowest BCUT2D eigenvalue weighted by atomic mass is 10.3. The van der Waals surface area contributed by atoms with Crippen molar-refractivity contribution < 1.29 is 13.2 Å². The maximum atomic E-state index is 11.3. The van der Waals surface area contributed by atoms with Crippen LogP contribution in [0.3, 0.4) is 0 Å². The van der Waals surface area contributed by atoms with Gasteiger partial charge in [0.25, 0.3) is 15.2 Å². The first-order valence-electron chi connectivity index (χ1n) is 5.46. The highest BCUT2D eigenvalue weighted by Gasteiger charge is 2.27. The number of nitrogens with two attached hydrogens (primary N) is 1. The normalized spacial score (nSPS) is 16.4. The highest BCUT2D eigenvalue weighted by Crippen LogP contribution is 2.32. The van der Waals surface area contributed by atoms with E-state index in [4.69, 9.17) is 9.88 Å². The van der Waals surface area contributed by atoms with E-state index in [2.05, 4.69) is 10.2 Å². The van der Waals surface area contributed by atoms with Gasteiger partial charge in [-0.3, -0.25) is 4.57 Å². The molecule has 7 nitrogen and oxygen atoms in total. The average Bonchev–Trinajstić information content (AvgIpc) is 2.94. The van der Waals surface area contributed by atoms with Gasteiger partial charge in [0.1, 0.15) is 5.82 Å². The molecule has 0 aromatic carbocycles. The second-order valence-electron chi connectivity index (χ2n) is 4.24. The van der Waals surface area contributed by atoms with Crippen molar-refractivity contribution in [2.45, 2.75) is 31.0 Å². The number of nitrogens with zero attached hydrogens (tertiary/aromatic N) is 3. The molecule has 0 atom stereocenters. The third kappa shape index (κ3) is 3.02. The molecule has 0 bridgehead atoms. The second-order valence-corrected chi connectivity index (χ2v) is 5.69. The monoisotopic (exact) mass is 260 g/mol. The Morgan fingerprint density at radius 3 is 2.71 bits per heavy atom. The van der Waals surface area contributed by atoms with Crippen LogP contribution < -0.4 is 5.14 Å². The number of aromatic nitrogens is 3. The topological polar surface area (TPSA) is 100 Å². The predicted molar refractivity (Wildman–Crippen MR) is 59.7 cm³/mol. The van der Waals surface area contributed by atoms with E-state index in [1.54, 1.807) is 7.11 Å². The first-order valence-corrected chi connectivity index (χ1v) is 7.01. The zero-order valence-electron chi connectivity index (χ0n) is 9.66. The van der Waals surface area contributed by atoms with Crippen LogP contribution in [0, 0.1) is 5.92 Å². The van der Waals surface area contributed by atoms with E-state index >= 15 is 0 Å². The zero-order chi connectivity index (χ0) is 12.5. The molecule has 0 spiro atoms. The smallest absolute Gasteiger partial charge is 0.273 e. The van der Waals surface area contributed by atoms with Crippen molar-refractivity contribution in [2.24, 2.45) is 11.1 Å². The van der Waals surface area contributed by atoms with Crippen LogP contribution >= 0.6 is 0 Å². The summed E-state index contributed by atoms with van der Waals surface area (Å²) in [5, 5.41) is 12.5. The van der Waals surface area contributed by atoms with Crippen LogP contribution in [-0.2, 0) is 27.7 Å². The Balaban J connectivity index is 2.28. The largest absolute Gasteiger partial charge is 0.383 e. The van der Waals surface area contributed by atoms with Gasteiger partial charge in [0, 0.05) is 20.1 Å². The molecule has 0 aliphatic heterocycles. The molecule has 1 heterocycles. The summed E-state index contributed by atoms with van der Waals surface area (Å²) in [5.74, 6) is 1.28. The van der Waals surface area contributed by atoms with Crippen molar-refractivity contribution in [1.29, 1.82) is 0 Å². The molecule has 0 saturated heterocycles. The maximum Gasteiger partial charge on any atom is 0.273 e. The molecule has 17 heavy (non-hydrogen) atoms. The van der Waals surface area contributed by atoms with Gasteiger partial charge in [0.15, 0.2) is 0 Å². The molecule has 1 aromatic rings. The van der Waals surface area contributed by atoms with E-state index in [1.165, 1.54) is 17.4 Å². The molecule has 2 rings (SSSR count). The first-order chi connectivity index (χ1) is 8.02. The molecule has 1 aliphatic rings. The van der Waals surface area contributed by atoms with Gasteiger partial charge >= 0.3 is 0 Å². The molecule has 1 aromatic heterocycles. The molecule has 96 valence electrons. The molecule has 2 N–H and O–H groups in total. The summed E-state index contributed by atoms with van der Waals surface area (Å²) in [5.41, 5.74) is 0. The fourth-order valence-corrected chi connectivity index (χ4v) is 2.33. The van der Waals surface area contributed by atoms with Crippen LogP contribution in [0.15, 0.2) is 5.16 Å². The summed E-state index contributed by atoms with van der Waals surface area (Å²) in [6.45, 7) is 0.801. The molecule has 0 radical (unpaired) electrons. The quantitative estimate of drug-likeness (QED) is 0.745. The molecular weight excluding hydrogens is 244 g/mol. The first kappa shape index (κ1) is 12.5. The minimum absolute atomic E-state index is 0.176. The zero-order valence-corrected chi connectivity index (χ0v) is 10.5. The van der Waals surface area contributed by atoms with Gasteiger partial charge in [0.2, 0.25) is 0 Å². The molecule has 0 unspecified atom stereocenters. The van der Waals surface area contributed by atoms with Gasteiger partial charge in [-0.1, -0.05) is 0 Å². The fourth-order valence-electron chi connectivity index (χ4n) is 1.67. The standard InChI is InChI=1S/C9H16N4O3S/c1-16-5-4-13-8(6-7-2-3-7)11-12-9(13)17(10,14)15/h7H,2-6H2,1H3,(H2,10,14,15). The van der Waals surface area contributed by atoms with E-state index in [0.717, 1.165) is 6.42 Å². The number of methoxy groups -OCH3 is 1. The minimum Gasteiger partial charge on any atom is -0.383 e. The average molecular weight is 260 g/mol. The van der Waals surface area contributed by atoms with E-state index in [0.29, 0.717) is 24.9 Å². The number of ether oxygens (including phenoxy) is 1. The summed E-state index contributed by atoms with van der Waals surface area (Å²) in [6.07, 6.45) is 3.09. The summed E-state index contributed by atoms with van der Waals surface area (Å²) in [7, 11) is -2.27. The highest BCUT2D eigenvalue weighted by molar-refractivity contribution is 7.89. The van der Waals surface area contributed by atoms with Gasteiger partial charge < -0.3 is 4.74 Å². The van der Waals surface area contributed by atoms with Gasteiger partial charge in [-0.25, -0.2) is 13.6 Å². The van der Waals surface area contributed by atoms with Crippen molar-refractivity contribution in [1.82, 2.24) is 14.8 Å². The number of sulfonamides is 1. The lowest BCUT2D eigenvalue weighted by Crippen LogP contribution is -2.21. The van der Waals surface area contributed by atoms with Gasteiger partial charge in [-0.2, -0.15) is 0 Å². The van der Waals surface area contributed by atoms with Crippen LogP contribution in [0.5, 0.6) is 0 Å². The van der Waals surface area contributed by atoms with Crippen molar-refractivity contribution in [3.63, 3.8) is 0 Å². The van der Waals surface area contributed by atoms with Crippen molar-refractivity contribution in [3.05, 3.63) is 5.82 Å². The maximum absolute atomic E-state index is 11.3. The summed E-state index contributed by atoms with van der Waals surface area (Å²) >= 11 is 0. The summed E-state index contributed by atoms with van der Waals surface area (Å²) < 4.78 is 29.2. The van der Waals surface area contributed by atoms with Crippen molar-refractivity contribution >= 4 is 10.0 Å². The van der Waals surface area contributed by atoms with E-state index in [1.807, 2.05) is 0 Å². The highest BCUT2D eigenvalue weighted by atomic mass is 32.2.